The average molecular weight is 225 g/mol. The summed E-state index contributed by atoms with van der Waals surface area (Å²) < 4.78 is 5.28. The zero-order chi connectivity index (χ0) is 12.3. The predicted molar refractivity (Wildman–Crippen MR) is 63.5 cm³/mol. The van der Waals surface area contributed by atoms with Gasteiger partial charge in [0.2, 0.25) is 5.82 Å². The number of hydrogen-bond donors (Lipinski definition) is 0. The fourth-order valence-electron chi connectivity index (χ4n) is 1.58. The van der Waals surface area contributed by atoms with Crippen LogP contribution in [0.4, 0.5) is 0 Å². The van der Waals surface area contributed by atoms with Gasteiger partial charge in [-0.3, -0.25) is 0 Å². The quantitative estimate of drug-likeness (QED) is 0.787. The van der Waals surface area contributed by atoms with Gasteiger partial charge in [-0.15, -0.1) is 0 Å². The van der Waals surface area contributed by atoms with Crippen LogP contribution in [0.1, 0.15) is 11.4 Å². The first kappa shape index (κ1) is 11.1. The molecular weight excluding hydrogens is 214 g/mol. The molecule has 0 N–H and O–H groups in total. The van der Waals surface area contributed by atoms with E-state index in [0.29, 0.717) is 5.69 Å². The lowest BCUT2D eigenvalue weighted by molar-refractivity contribution is 0.416. The second kappa shape index (κ2) is 4.62. The molecule has 2 rings (SSSR count). The van der Waals surface area contributed by atoms with Crippen molar-refractivity contribution >= 4 is 0 Å². The van der Waals surface area contributed by atoms with Crippen LogP contribution in [0.25, 0.3) is 11.3 Å². The van der Waals surface area contributed by atoms with Crippen molar-refractivity contribution in [1.82, 2.24) is 9.97 Å². The number of nitrogens with zero attached hydrogens (tertiary/aromatic N) is 3. The van der Waals surface area contributed by atoms with Gasteiger partial charge < -0.3 is 4.74 Å². The van der Waals surface area contributed by atoms with Crippen molar-refractivity contribution in [2.24, 2.45) is 0 Å². The standard InChI is InChI=1S/C13H11N3O/c1-9-3-4-12(17-2)10(7-9)11-5-6-15-13(8-14)16-11/h3-7H,1-2H3. The van der Waals surface area contributed by atoms with Gasteiger partial charge in [-0.1, -0.05) is 11.6 Å². The highest BCUT2D eigenvalue weighted by Gasteiger charge is 2.08. The fraction of sp³-hybridized carbons (Fsp3) is 0.154. The van der Waals surface area contributed by atoms with Gasteiger partial charge >= 0.3 is 0 Å². The first-order chi connectivity index (χ1) is 8.24. The zero-order valence-electron chi connectivity index (χ0n) is 9.64. The van der Waals surface area contributed by atoms with Crippen LogP contribution in [0.15, 0.2) is 30.5 Å². The second-order valence-corrected chi connectivity index (χ2v) is 3.58. The minimum Gasteiger partial charge on any atom is -0.496 e. The highest BCUT2D eigenvalue weighted by Crippen LogP contribution is 2.29. The van der Waals surface area contributed by atoms with Crippen LogP contribution in [0.2, 0.25) is 0 Å². The van der Waals surface area contributed by atoms with Gasteiger partial charge in [0, 0.05) is 11.8 Å². The van der Waals surface area contributed by atoms with E-state index in [1.54, 1.807) is 19.4 Å². The van der Waals surface area contributed by atoms with Crippen LogP contribution in [-0.4, -0.2) is 17.1 Å². The van der Waals surface area contributed by atoms with Crippen LogP contribution in [0.5, 0.6) is 5.75 Å². The van der Waals surface area contributed by atoms with Crippen LogP contribution in [0, 0.1) is 18.3 Å². The number of hydrogen-bond acceptors (Lipinski definition) is 4. The van der Waals surface area contributed by atoms with E-state index >= 15 is 0 Å². The molecule has 0 saturated heterocycles. The Morgan fingerprint density at radius 1 is 1.29 bits per heavy atom. The van der Waals surface area contributed by atoms with E-state index in [-0.39, 0.29) is 5.82 Å². The number of methoxy groups -OCH3 is 1. The summed E-state index contributed by atoms with van der Waals surface area (Å²) in [5.41, 5.74) is 2.67. The SMILES string of the molecule is COc1ccc(C)cc1-c1ccnc(C#N)n1. The zero-order valence-corrected chi connectivity index (χ0v) is 9.64. The van der Waals surface area contributed by atoms with E-state index in [1.165, 1.54) is 0 Å². The third kappa shape index (κ3) is 2.23. The van der Waals surface area contributed by atoms with Crippen molar-refractivity contribution in [3.05, 3.63) is 41.9 Å². The molecule has 4 heteroatoms. The predicted octanol–water partition coefficient (Wildman–Crippen LogP) is 2.33. The molecule has 1 aromatic carbocycles. The number of ether oxygens (including phenoxy) is 1. The molecule has 0 aliphatic heterocycles. The Labute approximate surface area is 99.5 Å². The number of benzene rings is 1. The van der Waals surface area contributed by atoms with Crippen LogP contribution >= 0.6 is 0 Å². The van der Waals surface area contributed by atoms with E-state index in [4.69, 9.17) is 10.00 Å². The number of aromatic nitrogens is 2. The van der Waals surface area contributed by atoms with Gasteiger partial charge in [0.05, 0.1) is 12.8 Å². The Morgan fingerprint density at radius 2 is 2.12 bits per heavy atom. The highest BCUT2D eigenvalue weighted by molar-refractivity contribution is 5.68. The summed E-state index contributed by atoms with van der Waals surface area (Å²) in [7, 11) is 1.61. The highest BCUT2D eigenvalue weighted by atomic mass is 16.5. The van der Waals surface area contributed by atoms with E-state index < -0.39 is 0 Å². The van der Waals surface area contributed by atoms with Crippen molar-refractivity contribution in [2.75, 3.05) is 7.11 Å². The summed E-state index contributed by atoms with van der Waals surface area (Å²) in [5.74, 6) is 0.893. The van der Waals surface area contributed by atoms with E-state index in [0.717, 1.165) is 16.9 Å². The lowest BCUT2D eigenvalue weighted by Crippen LogP contribution is -1.94. The molecule has 17 heavy (non-hydrogen) atoms. The monoisotopic (exact) mass is 225 g/mol. The van der Waals surface area contributed by atoms with Crippen LogP contribution in [-0.2, 0) is 0 Å². The maximum absolute atomic E-state index is 8.78. The average Bonchev–Trinajstić information content (AvgIpc) is 2.39. The largest absolute Gasteiger partial charge is 0.496 e. The van der Waals surface area contributed by atoms with Crippen LogP contribution in [0.3, 0.4) is 0 Å². The maximum atomic E-state index is 8.78. The molecular formula is C13H11N3O. The van der Waals surface area contributed by atoms with Crippen molar-refractivity contribution < 1.29 is 4.74 Å². The first-order valence-electron chi connectivity index (χ1n) is 5.13. The third-order valence-electron chi connectivity index (χ3n) is 2.39. The second-order valence-electron chi connectivity index (χ2n) is 3.58. The summed E-state index contributed by atoms with van der Waals surface area (Å²) in [6.07, 6.45) is 1.57. The number of rotatable bonds is 2. The summed E-state index contributed by atoms with van der Waals surface area (Å²) in [4.78, 5) is 8.01. The lowest BCUT2D eigenvalue weighted by atomic mass is 10.1. The molecule has 0 amide bonds. The molecule has 0 aliphatic rings. The fourth-order valence-corrected chi connectivity index (χ4v) is 1.58. The van der Waals surface area contributed by atoms with Gasteiger partial charge in [-0.05, 0) is 25.1 Å². The molecule has 1 heterocycles. The lowest BCUT2D eigenvalue weighted by Gasteiger charge is -2.08. The Balaban J connectivity index is 2.59. The Morgan fingerprint density at radius 3 is 2.82 bits per heavy atom. The topological polar surface area (TPSA) is 58.8 Å². The van der Waals surface area contributed by atoms with E-state index in [2.05, 4.69) is 9.97 Å². The van der Waals surface area contributed by atoms with E-state index in [1.807, 2.05) is 31.2 Å². The number of aryl methyl sites for hydroxylation is 1. The molecule has 1 aromatic heterocycles. The van der Waals surface area contributed by atoms with Gasteiger partial charge in [-0.25, -0.2) is 9.97 Å². The maximum Gasteiger partial charge on any atom is 0.232 e. The summed E-state index contributed by atoms with van der Waals surface area (Å²) in [5, 5.41) is 8.78. The first-order valence-corrected chi connectivity index (χ1v) is 5.13. The summed E-state index contributed by atoms with van der Waals surface area (Å²) in [6.45, 7) is 2.00. The molecule has 0 fully saturated rings. The van der Waals surface area contributed by atoms with Gasteiger partial charge in [-0.2, -0.15) is 5.26 Å². The molecule has 4 nitrogen and oxygen atoms in total. The summed E-state index contributed by atoms with van der Waals surface area (Å²) in [6, 6.07) is 9.52. The minimum atomic E-state index is 0.158. The van der Waals surface area contributed by atoms with Crippen molar-refractivity contribution in [3.63, 3.8) is 0 Å². The molecule has 0 atom stereocenters. The Kier molecular flexibility index (Phi) is 3.01. The van der Waals surface area contributed by atoms with E-state index in [9.17, 15) is 0 Å². The molecule has 84 valence electrons. The Hall–Kier alpha value is -2.41. The number of nitriles is 1. The molecule has 0 spiro atoms. The molecule has 0 saturated carbocycles. The van der Waals surface area contributed by atoms with Gasteiger partial charge in [0.25, 0.3) is 0 Å². The molecule has 2 aromatic rings. The summed E-state index contributed by atoms with van der Waals surface area (Å²) >= 11 is 0. The van der Waals surface area contributed by atoms with Crippen molar-refractivity contribution in [1.29, 1.82) is 5.26 Å². The molecule has 0 unspecified atom stereocenters. The normalized spacial score (nSPS) is 9.71. The molecule has 0 bridgehead atoms. The third-order valence-corrected chi connectivity index (χ3v) is 2.39. The minimum absolute atomic E-state index is 0.158. The van der Waals surface area contributed by atoms with Crippen LogP contribution < -0.4 is 4.74 Å². The van der Waals surface area contributed by atoms with Gasteiger partial charge in [0.1, 0.15) is 11.8 Å². The molecule has 0 aliphatic carbocycles. The Bertz CT molecular complexity index is 587. The van der Waals surface area contributed by atoms with Crippen molar-refractivity contribution in [2.45, 2.75) is 6.92 Å². The van der Waals surface area contributed by atoms with Crippen molar-refractivity contribution in [3.8, 4) is 23.1 Å². The molecule has 0 radical (unpaired) electrons. The smallest absolute Gasteiger partial charge is 0.232 e. The van der Waals surface area contributed by atoms with Gasteiger partial charge in [0.15, 0.2) is 0 Å².